The second-order valence-electron chi connectivity index (χ2n) is 4.55. The second-order valence-corrected chi connectivity index (χ2v) is 4.55. The first-order chi connectivity index (χ1) is 9.60. The van der Waals surface area contributed by atoms with Gasteiger partial charge in [-0.05, 0) is 30.5 Å². The molecule has 2 N–H and O–H groups in total. The van der Waals surface area contributed by atoms with Gasteiger partial charge in [0.1, 0.15) is 6.04 Å². The summed E-state index contributed by atoms with van der Waals surface area (Å²) in [5, 5.41) is 11.4. The van der Waals surface area contributed by atoms with Crippen molar-refractivity contribution in [1.29, 1.82) is 0 Å². The number of fused-ring (bicyclic) bond motifs is 1. The Morgan fingerprint density at radius 2 is 2.10 bits per heavy atom. The number of hydrogen-bond acceptors (Lipinski definition) is 4. The maximum Gasteiger partial charge on any atom is 0.326 e. The third kappa shape index (κ3) is 3.40. The Labute approximate surface area is 116 Å². The van der Waals surface area contributed by atoms with Gasteiger partial charge in [-0.3, -0.25) is 4.79 Å². The number of aliphatic carboxylic acids is 1. The molecule has 1 aliphatic heterocycles. The van der Waals surface area contributed by atoms with E-state index in [1.54, 1.807) is 6.92 Å². The highest BCUT2D eigenvalue weighted by Gasteiger charge is 2.18. The maximum atomic E-state index is 11.7. The highest BCUT2D eigenvalue weighted by molar-refractivity contribution is 5.83. The number of carboxylic acid groups (broad SMARTS) is 1. The summed E-state index contributed by atoms with van der Waals surface area (Å²) in [6.07, 6.45) is 1.13. The van der Waals surface area contributed by atoms with Crippen LogP contribution in [0.15, 0.2) is 18.2 Å². The van der Waals surface area contributed by atoms with E-state index in [9.17, 15) is 9.59 Å². The zero-order valence-electron chi connectivity index (χ0n) is 11.2. The largest absolute Gasteiger partial charge is 0.480 e. The summed E-state index contributed by atoms with van der Waals surface area (Å²) in [6, 6.07) is 4.69. The molecule has 1 unspecified atom stereocenters. The molecule has 0 aromatic heterocycles. The number of aryl methyl sites for hydroxylation is 1. The Morgan fingerprint density at radius 3 is 2.80 bits per heavy atom. The fraction of sp³-hybridized carbons (Fsp3) is 0.429. The van der Waals surface area contributed by atoms with E-state index in [1.807, 2.05) is 18.2 Å². The van der Waals surface area contributed by atoms with E-state index in [0.717, 1.165) is 5.56 Å². The van der Waals surface area contributed by atoms with Gasteiger partial charge in [-0.25, -0.2) is 4.79 Å². The maximum absolute atomic E-state index is 11.7. The highest BCUT2D eigenvalue weighted by Crippen LogP contribution is 2.32. The number of benzene rings is 1. The molecular formula is C14H17NO5. The monoisotopic (exact) mass is 279 g/mol. The van der Waals surface area contributed by atoms with Gasteiger partial charge in [0.15, 0.2) is 11.5 Å². The van der Waals surface area contributed by atoms with Crippen molar-refractivity contribution in [3.63, 3.8) is 0 Å². The molecule has 1 amide bonds. The zero-order valence-corrected chi connectivity index (χ0v) is 11.2. The summed E-state index contributed by atoms with van der Waals surface area (Å²) < 4.78 is 10.5. The normalized spacial score (nSPS) is 13.8. The van der Waals surface area contributed by atoms with Crippen LogP contribution in [0.5, 0.6) is 11.5 Å². The van der Waals surface area contributed by atoms with Gasteiger partial charge in [-0.2, -0.15) is 0 Å². The first-order valence-electron chi connectivity index (χ1n) is 6.51. The van der Waals surface area contributed by atoms with E-state index >= 15 is 0 Å². The van der Waals surface area contributed by atoms with E-state index in [0.29, 0.717) is 24.3 Å². The van der Waals surface area contributed by atoms with Crippen molar-refractivity contribution < 1.29 is 24.2 Å². The summed E-state index contributed by atoms with van der Waals surface area (Å²) in [4.78, 5) is 22.5. The van der Waals surface area contributed by atoms with Crippen molar-refractivity contribution in [2.45, 2.75) is 32.2 Å². The molecule has 1 atom stereocenters. The van der Waals surface area contributed by atoms with Gasteiger partial charge in [0.25, 0.3) is 0 Å². The Hall–Kier alpha value is -2.24. The second kappa shape index (κ2) is 6.27. The molecule has 0 bridgehead atoms. The number of carbonyl (C=O) groups excluding carboxylic acids is 1. The van der Waals surface area contributed by atoms with Crippen LogP contribution in [0.1, 0.15) is 25.3 Å². The molecule has 0 saturated carbocycles. The van der Waals surface area contributed by atoms with Gasteiger partial charge in [0, 0.05) is 6.42 Å². The van der Waals surface area contributed by atoms with Crippen LogP contribution in [-0.4, -0.2) is 29.8 Å². The van der Waals surface area contributed by atoms with Crippen LogP contribution < -0.4 is 14.8 Å². The van der Waals surface area contributed by atoms with E-state index in [-0.39, 0.29) is 19.1 Å². The standard InChI is InChI=1S/C14H17NO5/c1-2-10(14(17)18)15-13(16)6-4-9-3-5-11-12(7-9)20-8-19-11/h3,5,7,10H,2,4,6,8H2,1H3,(H,15,16)(H,17,18). The molecule has 2 rings (SSSR count). The van der Waals surface area contributed by atoms with Crippen molar-refractivity contribution in [3.05, 3.63) is 23.8 Å². The number of hydrogen-bond donors (Lipinski definition) is 2. The van der Waals surface area contributed by atoms with Crippen LogP contribution >= 0.6 is 0 Å². The van der Waals surface area contributed by atoms with E-state index in [4.69, 9.17) is 14.6 Å². The molecule has 0 spiro atoms. The summed E-state index contributed by atoms with van der Waals surface area (Å²) in [6.45, 7) is 1.94. The molecule has 0 fully saturated rings. The molecule has 1 aliphatic rings. The van der Waals surface area contributed by atoms with Crippen molar-refractivity contribution in [1.82, 2.24) is 5.32 Å². The van der Waals surface area contributed by atoms with Gasteiger partial charge in [-0.1, -0.05) is 13.0 Å². The lowest BCUT2D eigenvalue weighted by Gasteiger charge is -2.12. The quantitative estimate of drug-likeness (QED) is 0.820. The number of amides is 1. The average molecular weight is 279 g/mol. The van der Waals surface area contributed by atoms with Gasteiger partial charge in [-0.15, -0.1) is 0 Å². The minimum Gasteiger partial charge on any atom is -0.480 e. The van der Waals surface area contributed by atoms with E-state index in [2.05, 4.69) is 5.32 Å². The van der Waals surface area contributed by atoms with Crippen LogP contribution in [0.25, 0.3) is 0 Å². The summed E-state index contributed by atoms with van der Waals surface area (Å²) in [5.41, 5.74) is 0.952. The molecule has 108 valence electrons. The van der Waals surface area contributed by atoms with Crippen LogP contribution in [0, 0.1) is 0 Å². The lowest BCUT2D eigenvalue weighted by molar-refractivity contribution is -0.141. The first-order valence-corrected chi connectivity index (χ1v) is 6.51. The fourth-order valence-corrected chi connectivity index (χ4v) is 1.96. The molecular weight excluding hydrogens is 262 g/mol. The van der Waals surface area contributed by atoms with Crippen LogP contribution in [-0.2, 0) is 16.0 Å². The molecule has 20 heavy (non-hydrogen) atoms. The van der Waals surface area contributed by atoms with Crippen molar-refractivity contribution >= 4 is 11.9 Å². The number of nitrogens with one attached hydrogen (secondary N) is 1. The molecule has 0 aliphatic carbocycles. The SMILES string of the molecule is CCC(NC(=O)CCc1ccc2c(c1)OCO2)C(=O)O. The smallest absolute Gasteiger partial charge is 0.326 e. The lowest BCUT2D eigenvalue weighted by atomic mass is 10.1. The lowest BCUT2D eigenvalue weighted by Crippen LogP contribution is -2.40. The summed E-state index contributed by atoms with van der Waals surface area (Å²) >= 11 is 0. The molecule has 1 aromatic carbocycles. The van der Waals surface area contributed by atoms with Crippen LogP contribution in [0.2, 0.25) is 0 Å². The summed E-state index contributed by atoms with van der Waals surface area (Å²) in [7, 11) is 0. The van der Waals surface area contributed by atoms with Crippen molar-refractivity contribution in [3.8, 4) is 11.5 Å². The minimum absolute atomic E-state index is 0.218. The molecule has 0 saturated heterocycles. The Kier molecular flexibility index (Phi) is 4.45. The average Bonchev–Trinajstić information content (AvgIpc) is 2.89. The summed E-state index contributed by atoms with van der Waals surface area (Å²) in [5.74, 6) is 0.107. The van der Waals surface area contributed by atoms with Crippen LogP contribution in [0.3, 0.4) is 0 Å². The Bertz CT molecular complexity index is 514. The molecule has 1 heterocycles. The number of ether oxygens (including phenoxy) is 2. The topological polar surface area (TPSA) is 84.9 Å². The predicted molar refractivity (Wildman–Crippen MR) is 70.7 cm³/mol. The minimum atomic E-state index is -1.01. The van der Waals surface area contributed by atoms with Crippen LogP contribution in [0.4, 0.5) is 0 Å². The third-order valence-corrected chi connectivity index (χ3v) is 3.12. The Morgan fingerprint density at radius 1 is 1.35 bits per heavy atom. The molecule has 6 nitrogen and oxygen atoms in total. The zero-order chi connectivity index (χ0) is 14.5. The Balaban J connectivity index is 1.85. The van der Waals surface area contributed by atoms with Gasteiger partial charge < -0.3 is 19.9 Å². The van der Waals surface area contributed by atoms with Gasteiger partial charge >= 0.3 is 5.97 Å². The van der Waals surface area contributed by atoms with Gasteiger partial charge in [0.05, 0.1) is 0 Å². The number of carboxylic acids is 1. The van der Waals surface area contributed by atoms with Crippen molar-refractivity contribution in [2.24, 2.45) is 0 Å². The first kappa shape index (κ1) is 14.2. The predicted octanol–water partition coefficient (Wildman–Crippen LogP) is 1.33. The van der Waals surface area contributed by atoms with E-state index in [1.165, 1.54) is 0 Å². The number of rotatable bonds is 6. The third-order valence-electron chi connectivity index (χ3n) is 3.12. The van der Waals surface area contributed by atoms with Gasteiger partial charge in [0.2, 0.25) is 12.7 Å². The molecule has 0 radical (unpaired) electrons. The van der Waals surface area contributed by atoms with E-state index < -0.39 is 12.0 Å². The number of carbonyl (C=O) groups is 2. The van der Waals surface area contributed by atoms with Crippen molar-refractivity contribution in [2.75, 3.05) is 6.79 Å². The highest BCUT2D eigenvalue weighted by atomic mass is 16.7. The molecule has 6 heteroatoms. The fourth-order valence-electron chi connectivity index (χ4n) is 1.96. The molecule has 1 aromatic rings.